The third-order valence-corrected chi connectivity index (χ3v) is 3.45. The van der Waals surface area contributed by atoms with Crippen molar-refractivity contribution in [2.24, 2.45) is 0 Å². The van der Waals surface area contributed by atoms with Crippen LogP contribution in [0, 0.1) is 15.9 Å². The molecule has 1 aliphatic heterocycles. The second-order valence-corrected chi connectivity index (χ2v) is 4.88. The summed E-state index contributed by atoms with van der Waals surface area (Å²) in [5.74, 6) is -0.182. The number of aromatic nitrogens is 2. The summed E-state index contributed by atoms with van der Waals surface area (Å²) in [5.41, 5.74) is -0.266. The molecule has 0 spiro atoms. The van der Waals surface area contributed by atoms with Crippen molar-refractivity contribution in [1.82, 2.24) is 15.5 Å². The molecule has 1 fully saturated rings. The van der Waals surface area contributed by atoms with Crippen LogP contribution in [-0.2, 0) is 0 Å². The first kappa shape index (κ1) is 13.6. The van der Waals surface area contributed by atoms with Crippen LogP contribution in [0.2, 0.25) is 0 Å². The summed E-state index contributed by atoms with van der Waals surface area (Å²) in [7, 11) is 0. The monoisotopic (exact) mass is 292 g/mol. The smallest absolute Gasteiger partial charge is 0.282 e. The van der Waals surface area contributed by atoms with E-state index in [1.807, 2.05) is 0 Å². The van der Waals surface area contributed by atoms with Crippen molar-refractivity contribution < 1.29 is 13.8 Å². The van der Waals surface area contributed by atoms with Crippen LogP contribution in [0.15, 0.2) is 22.7 Å². The number of rotatable bonds is 3. The highest BCUT2D eigenvalue weighted by atomic mass is 19.1. The third-order valence-electron chi connectivity index (χ3n) is 3.45. The van der Waals surface area contributed by atoms with Crippen LogP contribution in [-0.4, -0.2) is 21.6 Å². The van der Waals surface area contributed by atoms with E-state index in [0.717, 1.165) is 44.0 Å². The van der Waals surface area contributed by atoms with Gasteiger partial charge in [0.05, 0.1) is 11.0 Å². The zero-order valence-electron chi connectivity index (χ0n) is 11.1. The van der Waals surface area contributed by atoms with Crippen LogP contribution < -0.4 is 5.32 Å². The van der Waals surface area contributed by atoms with Crippen molar-refractivity contribution in [3.05, 3.63) is 40.0 Å². The predicted octanol–water partition coefficient (Wildman–Crippen LogP) is 2.60. The summed E-state index contributed by atoms with van der Waals surface area (Å²) < 4.78 is 18.4. The molecule has 0 bridgehead atoms. The van der Waals surface area contributed by atoms with Gasteiger partial charge in [0, 0.05) is 6.07 Å². The average Bonchev–Trinajstić information content (AvgIpc) is 2.97. The van der Waals surface area contributed by atoms with Crippen molar-refractivity contribution in [3.63, 3.8) is 0 Å². The Morgan fingerprint density at radius 2 is 2.29 bits per heavy atom. The summed E-state index contributed by atoms with van der Waals surface area (Å²) in [4.78, 5) is 14.6. The minimum Gasteiger partial charge on any atom is -0.334 e. The molecule has 1 atom stereocenters. The number of nitrogens with one attached hydrogen (secondary N) is 1. The molecule has 7 nitrogen and oxygen atoms in total. The molecular formula is C13H13FN4O3. The van der Waals surface area contributed by atoms with Gasteiger partial charge in [-0.1, -0.05) is 11.6 Å². The van der Waals surface area contributed by atoms with E-state index in [1.54, 1.807) is 0 Å². The normalized spacial score (nSPS) is 18.6. The molecule has 110 valence electrons. The number of nitro groups is 1. The molecule has 1 aliphatic rings. The van der Waals surface area contributed by atoms with E-state index in [4.69, 9.17) is 4.52 Å². The number of halogens is 1. The summed E-state index contributed by atoms with van der Waals surface area (Å²) in [5, 5.41) is 18.1. The third kappa shape index (κ3) is 2.75. The van der Waals surface area contributed by atoms with Crippen molar-refractivity contribution in [2.45, 2.75) is 25.3 Å². The average molecular weight is 292 g/mol. The Labute approximate surface area is 119 Å². The molecule has 3 rings (SSSR count). The number of hydrogen-bond donors (Lipinski definition) is 1. The number of piperidine rings is 1. The second kappa shape index (κ2) is 5.57. The highest BCUT2D eigenvalue weighted by Gasteiger charge is 2.25. The zero-order valence-corrected chi connectivity index (χ0v) is 11.1. The highest BCUT2D eigenvalue weighted by molar-refractivity contribution is 5.66. The summed E-state index contributed by atoms with van der Waals surface area (Å²) in [6, 6.07) is 3.13. The Balaban J connectivity index is 1.95. The van der Waals surface area contributed by atoms with E-state index >= 15 is 0 Å². The fraction of sp³-hybridized carbons (Fsp3) is 0.385. The first-order valence-corrected chi connectivity index (χ1v) is 6.66. The lowest BCUT2D eigenvalue weighted by molar-refractivity contribution is -0.384. The quantitative estimate of drug-likeness (QED) is 0.690. The van der Waals surface area contributed by atoms with Crippen molar-refractivity contribution in [2.75, 3.05) is 6.54 Å². The molecule has 2 aromatic rings. The molecule has 1 unspecified atom stereocenters. The fourth-order valence-electron chi connectivity index (χ4n) is 2.40. The van der Waals surface area contributed by atoms with Gasteiger partial charge in [0.1, 0.15) is 11.4 Å². The molecule has 1 N–H and O–H groups in total. The summed E-state index contributed by atoms with van der Waals surface area (Å²) >= 11 is 0. The number of hydrogen-bond acceptors (Lipinski definition) is 6. The van der Waals surface area contributed by atoms with Crippen LogP contribution >= 0.6 is 0 Å². The summed E-state index contributed by atoms with van der Waals surface area (Å²) in [6.07, 6.45) is 3.03. The largest absolute Gasteiger partial charge is 0.334 e. The van der Waals surface area contributed by atoms with E-state index in [9.17, 15) is 14.5 Å². The Morgan fingerprint density at radius 1 is 1.43 bits per heavy atom. The molecule has 0 amide bonds. The van der Waals surface area contributed by atoms with Gasteiger partial charge in [-0.05, 0) is 31.5 Å². The number of nitro benzene ring substituents is 1. The van der Waals surface area contributed by atoms with Gasteiger partial charge < -0.3 is 9.84 Å². The van der Waals surface area contributed by atoms with Crippen LogP contribution in [0.5, 0.6) is 0 Å². The summed E-state index contributed by atoms with van der Waals surface area (Å²) in [6.45, 7) is 0.870. The van der Waals surface area contributed by atoms with Crippen molar-refractivity contribution >= 4 is 5.69 Å². The Hall–Kier alpha value is -2.35. The van der Waals surface area contributed by atoms with E-state index in [2.05, 4.69) is 15.5 Å². The molecule has 1 aromatic heterocycles. The standard InChI is InChI=1S/C13H13FN4O3/c14-8-4-5-11(18(19)20)9(7-8)13-16-12(17-21-13)10-3-1-2-6-15-10/h4-5,7,10,15H,1-3,6H2. The van der Waals surface area contributed by atoms with Gasteiger partial charge in [0.2, 0.25) is 0 Å². The molecular weight excluding hydrogens is 279 g/mol. The lowest BCUT2D eigenvalue weighted by Gasteiger charge is -2.19. The van der Waals surface area contributed by atoms with Gasteiger partial charge in [-0.3, -0.25) is 10.1 Å². The Kier molecular flexibility index (Phi) is 3.61. The van der Waals surface area contributed by atoms with Crippen LogP contribution in [0.3, 0.4) is 0 Å². The molecule has 0 aliphatic carbocycles. The molecule has 2 heterocycles. The fourth-order valence-corrected chi connectivity index (χ4v) is 2.40. The first-order chi connectivity index (χ1) is 10.1. The van der Waals surface area contributed by atoms with Gasteiger partial charge in [-0.25, -0.2) is 4.39 Å². The minimum absolute atomic E-state index is 0.00504. The van der Waals surface area contributed by atoms with Crippen LogP contribution in [0.1, 0.15) is 31.1 Å². The van der Waals surface area contributed by atoms with E-state index < -0.39 is 10.7 Å². The van der Waals surface area contributed by atoms with Crippen LogP contribution in [0.4, 0.5) is 10.1 Å². The van der Waals surface area contributed by atoms with E-state index in [0.29, 0.717) is 5.82 Å². The molecule has 1 aromatic carbocycles. The first-order valence-electron chi connectivity index (χ1n) is 6.66. The maximum atomic E-state index is 13.3. The lowest BCUT2D eigenvalue weighted by Crippen LogP contribution is -2.27. The van der Waals surface area contributed by atoms with Gasteiger partial charge in [0.25, 0.3) is 11.6 Å². The number of nitrogens with zero attached hydrogens (tertiary/aromatic N) is 3. The Bertz CT molecular complexity index is 667. The number of benzene rings is 1. The molecule has 8 heteroatoms. The lowest BCUT2D eigenvalue weighted by atomic mass is 10.0. The second-order valence-electron chi connectivity index (χ2n) is 4.88. The Morgan fingerprint density at radius 3 is 3.00 bits per heavy atom. The maximum Gasteiger partial charge on any atom is 0.282 e. The van der Waals surface area contributed by atoms with Crippen LogP contribution in [0.25, 0.3) is 11.5 Å². The minimum atomic E-state index is -0.600. The SMILES string of the molecule is O=[N+]([O-])c1ccc(F)cc1-c1nc(C2CCCCN2)no1. The maximum absolute atomic E-state index is 13.3. The van der Waals surface area contributed by atoms with Gasteiger partial charge in [-0.2, -0.15) is 4.98 Å². The van der Waals surface area contributed by atoms with Gasteiger partial charge >= 0.3 is 0 Å². The topological polar surface area (TPSA) is 94.1 Å². The van der Waals surface area contributed by atoms with E-state index in [1.165, 1.54) is 0 Å². The molecule has 0 saturated carbocycles. The zero-order chi connectivity index (χ0) is 14.8. The van der Waals surface area contributed by atoms with Gasteiger partial charge in [0.15, 0.2) is 5.82 Å². The highest BCUT2D eigenvalue weighted by Crippen LogP contribution is 2.30. The van der Waals surface area contributed by atoms with Crippen molar-refractivity contribution in [1.29, 1.82) is 0 Å². The predicted molar refractivity (Wildman–Crippen MR) is 70.9 cm³/mol. The van der Waals surface area contributed by atoms with E-state index in [-0.39, 0.29) is 23.2 Å². The molecule has 1 saturated heterocycles. The van der Waals surface area contributed by atoms with Crippen molar-refractivity contribution in [3.8, 4) is 11.5 Å². The van der Waals surface area contributed by atoms with Gasteiger partial charge in [-0.15, -0.1) is 0 Å². The molecule has 21 heavy (non-hydrogen) atoms. The molecule has 0 radical (unpaired) electrons.